The first kappa shape index (κ1) is 22.6. The fourth-order valence-electron chi connectivity index (χ4n) is 5.34. The predicted octanol–water partition coefficient (Wildman–Crippen LogP) is 2.27. The van der Waals surface area contributed by atoms with Gasteiger partial charge in [-0.15, -0.1) is 5.10 Å². The van der Waals surface area contributed by atoms with E-state index in [1.165, 1.54) is 6.42 Å². The average Bonchev–Trinajstić information content (AvgIpc) is 3.27. The van der Waals surface area contributed by atoms with Crippen molar-refractivity contribution in [3.05, 3.63) is 69.4 Å². The highest BCUT2D eigenvalue weighted by Crippen LogP contribution is 2.34. The lowest BCUT2D eigenvalue weighted by atomic mass is 9.83. The largest absolute Gasteiger partial charge is 0.493 e. The molecular weight excluding hydrogens is 434 g/mol. The molecule has 4 heterocycles. The Morgan fingerprint density at radius 2 is 1.91 bits per heavy atom. The molecule has 0 amide bonds. The number of likely N-dealkylation sites (N-methyl/N-ethyl adjacent to an activating group) is 1. The Morgan fingerprint density at radius 1 is 1.03 bits per heavy atom. The molecule has 1 saturated heterocycles. The van der Waals surface area contributed by atoms with Gasteiger partial charge in [0.05, 0.1) is 40.2 Å². The van der Waals surface area contributed by atoms with Gasteiger partial charge in [0.2, 0.25) is 0 Å². The summed E-state index contributed by atoms with van der Waals surface area (Å²) in [6, 6.07) is 9.78. The topological polar surface area (TPSA) is 83.6 Å². The molecule has 0 N–H and O–H groups in total. The van der Waals surface area contributed by atoms with E-state index in [2.05, 4.69) is 28.3 Å². The van der Waals surface area contributed by atoms with E-state index in [1.54, 1.807) is 18.9 Å². The minimum Gasteiger partial charge on any atom is -0.493 e. The van der Waals surface area contributed by atoms with Crippen LogP contribution in [0.4, 0.5) is 0 Å². The number of nitrogens with zero attached hydrogens (tertiary/aromatic N) is 5. The van der Waals surface area contributed by atoms with Crippen LogP contribution in [-0.4, -0.2) is 58.8 Å². The summed E-state index contributed by atoms with van der Waals surface area (Å²) in [5.74, 6) is 2.35. The van der Waals surface area contributed by atoms with Crippen molar-refractivity contribution in [2.24, 2.45) is 5.92 Å². The second-order valence-electron chi connectivity index (χ2n) is 9.27. The number of hydrogen-bond acceptors (Lipinski definition) is 7. The standard InChI is InChI=1S/C25H31N5O4/c1-28-10-17-9-20(12-28)22-8-7-19(25(31)30(22)11-17)15-34-16-21-14-29(27-26-21)13-18-5-4-6-23(32-2)24(18)33-3/h4-8,14,17,20H,9-13,15-16H2,1-3H3/t17-,20+/m0/s1. The van der Waals surface area contributed by atoms with Crippen LogP contribution in [0.25, 0.3) is 0 Å². The van der Waals surface area contributed by atoms with Crippen LogP contribution in [0, 0.1) is 5.92 Å². The van der Waals surface area contributed by atoms with E-state index in [0.717, 1.165) is 30.9 Å². The lowest BCUT2D eigenvalue weighted by Gasteiger charge is -2.41. The van der Waals surface area contributed by atoms with Crippen molar-refractivity contribution in [3.8, 4) is 11.5 Å². The van der Waals surface area contributed by atoms with Gasteiger partial charge in [-0.3, -0.25) is 4.79 Å². The van der Waals surface area contributed by atoms with E-state index in [0.29, 0.717) is 41.1 Å². The van der Waals surface area contributed by atoms with Crippen LogP contribution in [0.15, 0.2) is 41.3 Å². The number of ether oxygens (including phenoxy) is 3. The molecule has 1 fully saturated rings. The first-order chi connectivity index (χ1) is 16.6. The third-order valence-electron chi connectivity index (χ3n) is 6.78. The number of para-hydroxylation sites is 1. The molecule has 0 saturated carbocycles. The number of benzene rings is 1. The third-order valence-corrected chi connectivity index (χ3v) is 6.78. The number of likely N-dealkylation sites (tertiary alicyclic amines) is 1. The predicted molar refractivity (Wildman–Crippen MR) is 126 cm³/mol. The third kappa shape index (κ3) is 4.45. The van der Waals surface area contributed by atoms with Crippen LogP contribution >= 0.6 is 0 Å². The molecule has 2 aliphatic heterocycles. The molecule has 0 spiro atoms. The van der Waals surface area contributed by atoms with Crippen LogP contribution in [-0.2, 0) is 31.0 Å². The van der Waals surface area contributed by atoms with Crippen LogP contribution in [0.2, 0.25) is 0 Å². The van der Waals surface area contributed by atoms with E-state index in [-0.39, 0.29) is 18.8 Å². The summed E-state index contributed by atoms with van der Waals surface area (Å²) in [7, 11) is 5.40. The summed E-state index contributed by atoms with van der Waals surface area (Å²) < 4.78 is 20.4. The second kappa shape index (κ2) is 9.60. The number of methoxy groups -OCH3 is 2. The zero-order valence-electron chi connectivity index (χ0n) is 19.9. The van der Waals surface area contributed by atoms with Crippen molar-refractivity contribution in [3.63, 3.8) is 0 Å². The Hall–Kier alpha value is -3.17. The van der Waals surface area contributed by atoms with E-state index in [1.807, 2.05) is 35.0 Å². The lowest BCUT2D eigenvalue weighted by molar-refractivity contribution is 0.102. The maximum absolute atomic E-state index is 13.1. The Labute approximate surface area is 198 Å². The molecular formula is C25H31N5O4. The number of hydrogen-bond donors (Lipinski definition) is 0. The van der Waals surface area contributed by atoms with Gasteiger partial charge in [0.15, 0.2) is 11.5 Å². The van der Waals surface area contributed by atoms with E-state index in [9.17, 15) is 4.79 Å². The average molecular weight is 466 g/mol. The first-order valence-corrected chi connectivity index (χ1v) is 11.6. The quantitative estimate of drug-likeness (QED) is 0.505. The lowest BCUT2D eigenvalue weighted by Crippen LogP contribution is -2.46. The van der Waals surface area contributed by atoms with Crippen molar-refractivity contribution < 1.29 is 14.2 Å². The Morgan fingerprint density at radius 3 is 2.74 bits per heavy atom. The first-order valence-electron chi connectivity index (χ1n) is 11.6. The highest BCUT2D eigenvalue weighted by atomic mass is 16.5. The molecule has 2 bridgehead atoms. The fraction of sp³-hybridized carbons (Fsp3) is 0.480. The van der Waals surface area contributed by atoms with Crippen molar-refractivity contribution in [1.82, 2.24) is 24.5 Å². The SMILES string of the molecule is COc1cccc(Cn2cc(COCc3ccc4n(c3=O)C[C@H]3C[C@@H]4CN(C)C3)nn2)c1OC. The maximum Gasteiger partial charge on any atom is 0.256 e. The van der Waals surface area contributed by atoms with Gasteiger partial charge in [0.25, 0.3) is 5.56 Å². The molecule has 180 valence electrons. The molecule has 3 aromatic rings. The zero-order chi connectivity index (χ0) is 23.7. The van der Waals surface area contributed by atoms with Gasteiger partial charge in [-0.25, -0.2) is 4.68 Å². The molecule has 0 radical (unpaired) electrons. The highest BCUT2D eigenvalue weighted by Gasteiger charge is 2.33. The summed E-state index contributed by atoms with van der Waals surface area (Å²) in [6.45, 7) is 3.91. The molecule has 0 aliphatic carbocycles. The highest BCUT2D eigenvalue weighted by molar-refractivity contribution is 5.46. The van der Waals surface area contributed by atoms with Gasteiger partial charge < -0.3 is 23.7 Å². The minimum atomic E-state index is 0.0746. The molecule has 9 heteroatoms. The number of rotatable bonds is 8. The number of fused-ring (bicyclic) bond motifs is 4. The Bertz CT molecular complexity index is 1220. The summed E-state index contributed by atoms with van der Waals surface area (Å²) in [4.78, 5) is 15.5. The van der Waals surface area contributed by atoms with Crippen LogP contribution in [0.5, 0.6) is 11.5 Å². The Kier molecular flexibility index (Phi) is 6.38. The molecule has 1 aromatic carbocycles. The normalized spacial score (nSPS) is 19.6. The molecule has 2 atom stereocenters. The molecule has 5 rings (SSSR count). The molecule has 0 unspecified atom stereocenters. The van der Waals surface area contributed by atoms with Gasteiger partial charge in [-0.05, 0) is 37.6 Å². The van der Waals surface area contributed by atoms with E-state index >= 15 is 0 Å². The zero-order valence-corrected chi connectivity index (χ0v) is 19.9. The number of piperidine rings is 1. The van der Waals surface area contributed by atoms with Crippen molar-refractivity contribution in [2.45, 2.75) is 38.6 Å². The van der Waals surface area contributed by atoms with E-state index in [4.69, 9.17) is 14.2 Å². The van der Waals surface area contributed by atoms with Crippen molar-refractivity contribution in [2.75, 3.05) is 34.4 Å². The summed E-state index contributed by atoms with van der Waals surface area (Å²) in [5.41, 5.74) is 3.57. The fourth-order valence-corrected chi connectivity index (χ4v) is 5.34. The van der Waals surface area contributed by atoms with Crippen molar-refractivity contribution in [1.29, 1.82) is 0 Å². The van der Waals surface area contributed by atoms with Crippen LogP contribution in [0.3, 0.4) is 0 Å². The molecule has 2 aromatic heterocycles. The molecule has 34 heavy (non-hydrogen) atoms. The summed E-state index contributed by atoms with van der Waals surface area (Å²) >= 11 is 0. The molecule has 9 nitrogen and oxygen atoms in total. The van der Waals surface area contributed by atoms with Gasteiger partial charge >= 0.3 is 0 Å². The van der Waals surface area contributed by atoms with Gasteiger partial charge in [0, 0.05) is 42.4 Å². The van der Waals surface area contributed by atoms with E-state index < -0.39 is 0 Å². The number of aromatic nitrogens is 4. The minimum absolute atomic E-state index is 0.0746. The second-order valence-corrected chi connectivity index (χ2v) is 9.27. The van der Waals surface area contributed by atoms with Crippen molar-refractivity contribution >= 4 is 0 Å². The van der Waals surface area contributed by atoms with Crippen LogP contribution in [0.1, 0.15) is 34.9 Å². The number of pyridine rings is 1. The summed E-state index contributed by atoms with van der Waals surface area (Å²) in [5, 5.41) is 8.41. The van der Waals surface area contributed by atoms with Gasteiger partial charge in [0.1, 0.15) is 5.69 Å². The molecule has 2 aliphatic rings. The van der Waals surface area contributed by atoms with Gasteiger partial charge in [-0.1, -0.05) is 17.3 Å². The van der Waals surface area contributed by atoms with Crippen LogP contribution < -0.4 is 15.0 Å². The summed E-state index contributed by atoms with van der Waals surface area (Å²) in [6.07, 6.45) is 3.02. The van der Waals surface area contributed by atoms with Gasteiger partial charge in [-0.2, -0.15) is 0 Å². The smallest absolute Gasteiger partial charge is 0.256 e. The monoisotopic (exact) mass is 465 g/mol. The maximum atomic E-state index is 13.1. The Balaban J connectivity index is 1.22.